The number of aryl methyl sites for hydroxylation is 1. The Hall–Kier alpha value is -2.33. The Morgan fingerprint density at radius 1 is 0.964 bits per heavy atom. The van der Waals surface area contributed by atoms with E-state index in [9.17, 15) is 9.59 Å². The Morgan fingerprint density at radius 2 is 1.61 bits per heavy atom. The minimum Gasteiger partial charge on any atom is -0.356 e. The average Bonchev–Trinajstić information content (AvgIpc) is 2.71. The van der Waals surface area contributed by atoms with Gasteiger partial charge in [-0.1, -0.05) is 41.9 Å². The minimum atomic E-state index is -0.0385. The van der Waals surface area contributed by atoms with Crippen molar-refractivity contribution in [3.8, 4) is 0 Å². The first kappa shape index (κ1) is 20.4. The maximum atomic E-state index is 12.6. The van der Waals surface area contributed by atoms with Gasteiger partial charge in [-0.3, -0.25) is 9.59 Å². The van der Waals surface area contributed by atoms with Crippen LogP contribution in [0.25, 0.3) is 0 Å². The first-order valence-corrected chi connectivity index (χ1v) is 10.3. The van der Waals surface area contributed by atoms with Gasteiger partial charge in [0.15, 0.2) is 0 Å². The Labute approximate surface area is 171 Å². The zero-order valence-corrected chi connectivity index (χ0v) is 17.0. The Balaban J connectivity index is 1.42. The molecule has 1 fully saturated rings. The molecule has 0 aliphatic heterocycles. The second kappa shape index (κ2) is 9.74. The fourth-order valence-electron chi connectivity index (χ4n) is 3.74. The molecule has 2 aromatic carbocycles. The predicted octanol–water partition coefficient (Wildman–Crippen LogP) is 4.75. The molecule has 148 valence electrons. The van der Waals surface area contributed by atoms with E-state index < -0.39 is 0 Å². The summed E-state index contributed by atoms with van der Waals surface area (Å²) >= 11 is 5.97. The molecule has 28 heavy (non-hydrogen) atoms. The summed E-state index contributed by atoms with van der Waals surface area (Å²) in [6.07, 6.45) is 3.85. The molecule has 2 amide bonds. The normalized spacial score (nSPS) is 19.1. The summed E-state index contributed by atoms with van der Waals surface area (Å²) in [6.45, 7) is 2.58. The summed E-state index contributed by atoms with van der Waals surface area (Å²) < 4.78 is 0. The Kier molecular flexibility index (Phi) is 7.10. The molecule has 4 nitrogen and oxygen atoms in total. The van der Waals surface area contributed by atoms with Crippen LogP contribution in [0.3, 0.4) is 0 Å². The van der Waals surface area contributed by atoms with E-state index >= 15 is 0 Å². The summed E-state index contributed by atoms with van der Waals surface area (Å²) in [4.78, 5) is 25.0. The molecular weight excluding hydrogens is 372 g/mol. The third-order valence-corrected chi connectivity index (χ3v) is 5.71. The monoisotopic (exact) mass is 398 g/mol. The molecule has 0 bridgehead atoms. The van der Waals surface area contributed by atoms with E-state index in [0.717, 1.165) is 43.4 Å². The number of halogens is 1. The van der Waals surface area contributed by atoms with Crippen LogP contribution < -0.4 is 10.6 Å². The van der Waals surface area contributed by atoms with Crippen LogP contribution in [0.15, 0.2) is 48.5 Å². The fourth-order valence-corrected chi connectivity index (χ4v) is 3.97. The number of hydrogen-bond acceptors (Lipinski definition) is 2. The van der Waals surface area contributed by atoms with Crippen LogP contribution in [0.5, 0.6) is 0 Å². The highest BCUT2D eigenvalue weighted by molar-refractivity contribution is 6.30. The minimum absolute atomic E-state index is 0.0112. The number of anilines is 1. The van der Waals surface area contributed by atoms with Crippen LogP contribution >= 0.6 is 11.6 Å². The first-order chi connectivity index (χ1) is 13.5. The summed E-state index contributed by atoms with van der Waals surface area (Å²) in [5.74, 6) is 0.122. The molecule has 3 rings (SSSR count). The second-order valence-corrected chi connectivity index (χ2v) is 7.96. The summed E-state index contributed by atoms with van der Waals surface area (Å²) in [5, 5.41) is 6.71. The summed E-state index contributed by atoms with van der Waals surface area (Å²) in [6, 6.07) is 15.6. The van der Waals surface area contributed by atoms with Gasteiger partial charge >= 0.3 is 0 Å². The predicted molar refractivity (Wildman–Crippen MR) is 113 cm³/mol. The van der Waals surface area contributed by atoms with Gasteiger partial charge in [0.1, 0.15) is 0 Å². The van der Waals surface area contributed by atoms with E-state index in [1.807, 2.05) is 37.3 Å². The molecule has 0 saturated heterocycles. The third-order valence-electron chi connectivity index (χ3n) is 5.47. The van der Waals surface area contributed by atoms with E-state index in [2.05, 4.69) is 22.8 Å². The number of amides is 2. The lowest BCUT2D eigenvalue weighted by atomic mass is 9.81. The maximum absolute atomic E-state index is 12.6. The molecule has 0 unspecified atom stereocenters. The van der Waals surface area contributed by atoms with Gasteiger partial charge in [-0.25, -0.2) is 0 Å². The van der Waals surface area contributed by atoms with Crippen molar-refractivity contribution in [2.45, 2.75) is 39.0 Å². The molecule has 0 radical (unpaired) electrons. The molecule has 2 aromatic rings. The summed E-state index contributed by atoms with van der Waals surface area (Å²) in [7, 11) is 0. The standard InChI is InChI=1S/C23H27ClN2O2/c1-16-15-20(24)11-12-21(16)26-23(28)19-9-7-18(8-10-19)22(27)25-14-13-17-5-3-2-4-6-17/h2-6,11-12,15,18-19H,7-10,13-14H2,1H3,(H,25,27)(H,26,28). The van der Waals surface area contributed by atoms with E-state index in [1.165, 1.54) is 5.56 Å². The van der Waals surface area contributed by atoms with E-state index in [4.69, 9.17) is 11.6 Å². The number of rotatable bonds is 6. The second-order valence-electron chi connectivity index (χ2n) is 7.52. The molecule has 2 N–H and O–H groups in total. The first-order valence-electron chi connectivity index (χ1n) is 9.91. The van der Waals surface area contributed by atoms with Crippen molar-refractivity contribution < 1.29 is 9.59 Å². The third kappa shape index (κ3) is 5.59. The smallest absolute Gasteiger partial charge is 0.227 e. The van der Waals surface area contributed by atoms with Crippen molar-refractivity contribution in [2.75, 3.05) is 11.9 Å². The highest BCUT2D eigenvalue weighted by Crippen LogP contribution is 2.30. The molecule has 0 atom stereocenters. The van der Waals surface area contributed by atoms with E-state index in [1.54, 1.807) is 6.07 Å². The summed E-state index contributed by atoms with van der Waals surface area (Å²) in [5.41, 5.74) is 2.98. The lowest BCUT2D eigenvalue weighted by Crippen LogP contribution is -2.36. The van der Waals surface area contributed by atoms with Gasteiger partial charge in [-0.05, 0) is 68.4 Å². The van der Waals surface area contributed by atoms with Crippen molar-refractivity contribution in [1.29, 1.82) is 0 Å². The fraction of sp³-hybridized carbons (Fsp3) is 0.391. The lowest BCUT2D eigenvalue weighted by molar-refractivity contribution is -0.128. The van der Waals surface area contributed by atoms with Crippen LogP contribution in [-0.2, 0) is 16.0 Å². The zero-order chi connectivity index (χ0) is 19.9. The lowest BCUT2D eigenvalue weighted by Gasteiger charge is -2.27. The van der Waals surface area contributed by atoms with Crippen molar-refractivity contribution in [1.82, 2.24) is 5.32 Å². The van der Waals surface area contributed by atoms with E-state index in [0.29, 0.717) is 11.6 Å². The van der Waals surface area contributed by atoms with E-state index in [-0.39, 0.29) is 23.7 Å². The molecule has 0 spiro atoms. The average molecular weight is 399 g/mol. The van der Waals surface area contributed by atoms with Crippen LogP contribution in [0.4, 0.5) is 5.69 Å². The quantitative estimate of drug-likeness (QED) is 0.737. The van der Waals surface area contributed by atoms with Gasteiger partial charge in [0.25, 0.3) is 0 Å². The molecule has 1 aliphatic rings. The number of carbonyl (C=O) groups is 2. The van der Waals surface area contributed by atoms with Crippen molar-refractivity contribution in [3.63, 3.8) is 0 Å². The molecule has 1 aliphatic carbocycles. The highest BCUT2D eigenvalue weighted by Gasteiger charge is 2.30. The van der Waals surface area contributed by atoms with Gasteiger partial charge in [0, 0.05) is 29.1 Å². The van der Waals surface area contributed by atoms with Gasteiger partial charge < -0.3 is 10.6 Å². The number of benzene rings is 2. The maximum Gasteiger partial charge on any atom is 0.227 e. The van der Waals surface area contributed by atoms with Gasteiger partial charge in [0.2, 0.25) is 11.8 Å². The molecular formula is C23H27ClN2O2. The molecule has 0 aromatic heterocycles. The number of carbonyl (C=O) groups excluding carboxylic acids is 2. The largest absolute Gasteiger partial charge is 0.356 e. The molecule has 0 heterocycles. The van der Waals surface area contributed by atoms with Crippen LogP contribution in [-0.4, -0.2) is 18.4 Å². The molecule has 1 saturated carbocycles. The van der Waals surface area contributed by atoms with Crippen LogP contribution in [0.2, 0.25) is 5.02 Å². The SMILES string of the molecule is Cc1cc(Cl)ccc1NC(=O)C1CCC(C(=O)NCCc2ccccc2)CC1. The number of hydrogen-bond donors (Lipinski definition) is 2. The van der Waals surface area contributed by atoms with Crippen molar-refractivity contribution >= 4 is 29.1 Å². The van der Waals surface area contributed by atoms with Crippen molar-refractivity contribution in [3.05, 3.63) is 64.7 Å². The zero-order valence-electron chi connectivity index (χ0n) is 16.2. The van der Waals surface area contributed by atoms with Crippen LogP contribution in [0, 0.1) is 18.8 Å². The van der Waals surface area contributed by atoms with Gasteiger partial charge in [-0.15, -0.1) is 0 Å². The Bertz CT molecular complexity index is 815. The van der Waals surface area contributed by atoms with Gasteiger partial charge in [0.05, 0.1) is 0 Å². The Morgan fingerprint density at radius 3 is 2.25 bits per heavy atom. The molecule has 5 heteroatoms. The van der Waals surface area contributed by atoms with Gasteiger partial charge in [-0.2, -0.15) is 0 Å². The number of nitrogens with one attached hydrogen (secondary N) is 2. The highest BCUT2D eigenvalue weighted by atomic mass is 35.5. The van der Waals surface area contributed by atoms with Crippen LogP contribution in [0.1, 0.15) is 36.8 Å². The van der Waals surface area contributed by atoms with Crippen molar-refractivity contribution in [2.24, 2.45) is 11.8 Å². The topological polar surface area (TPSA) is 58.2 Å².